The normalized spacial score (nSPS) is 16.5. The van der Waals surface area contributed by atoms with Crippen molar-refractivity contribution >= 4 is 51.2 Å². The van der Waals surface area contributed by atoms with E-state index in [1.807, 2.05) is 27.7 Å². The molecular formula is C21H32N8O2S2. The van der Waals surface area contributed by atoms with Crippen molar-refractivity contribution in [1.29, 1.82) is 5.26 Å². The number of nitrogens with one attached hydrogen (secondary N) is 1. The molecule has 0 aliphatic carbocycles. The molecular weight excluding hydrogens is 460 g/mol. The molecule has 1 saturated heterocycles. The van der Waals surface area contributed by atoms with Gasteiger partial charge < -0.3 is 19.9 Å². The van der Waals surface area contributed by atoms with Gasteiger partial charge in [-0.1, -0.05) is 23.1 Å². The number of amides is 1. The van der Waals surface area contributed by atoms with E-state index in [0.29, 0.717) is 33.3 Å². The molecule has 1 aromatic heterocycles. The van der Waals surface area contributed by atoms with Gasteiger partial charge in [0.1, 0.15) is 28.2 Å². The lowest BCUT2D eigenvalue weighted by Crippen LogP contribution is -2.46. The summed E-state index contributed by atoms with van der Waals surface area (Å²) in [5.41, 5.74) is -0.539. The average Bonchev–Trinajstić information content (AvgIpc) is 3.17. The third-order valence-corrected chi connectivity index (χ3v) is 5.98. The van der Waals surface area contributed by atoms with Crippen LogP contribution in [0.3, 0.4) is 0 Å². The van der Waals surface area contributed by atoms with Crippen LogP contribution in [-0.4, -0.2) is 88.8 Å². The predicted octanol–water partition coefficient (Wildman–Crippen LogP) is 3.34. The quantitative estimate of drug-likeness (QED) is 0.389. The van der Waals surface area contributed by atoms with Crippen molar-refractivity contribution in [3.63, 3.8) is 0 Å². The monoisotopic (exact) mass is 492 g/mol. The second-order valence-electron chi connectivity index (χ2n) is 8.40. The second-order valence-corrected chi connectivity index (χ2v) is 10.5. The number of amidine groups is 3. The lowest BCUT2D eigenvalue weighted by Gasteiger charge is -2.33. The highest BCUT2D eigenvalue weighted by molar-refractivity contribution is 8.13. The van der Waals surface area contributed by atoms with Gasteiger partial charge in [0.05, 0.1) is 6.20 Å². The van der Waals surface area contributed by atoms with E-state index in [1.165, 1.54) is 29.3 Å². The molecule has 1 aliphatic heterocycles. The molecule has 0 radical (unpaired) electrons. The third-order valence-electron chi connectivity index (χ3n) is 4.34. The summed E-state index contributed by atoms with van der Waals surface area (Å²) in [7, 11) is 2.11. The molecule has 12 heteroatoms. The summed E-state index contributed by atoms with van der Waals surface area (Å²) in [6, 6.07) is 2.06. The van der Waals surface area contributed by atoms with Gasteiger partial charge in [0.15, 0.2) is 5.17 Å². The number of aliphatic imine (C=N–C) groups is 3. The van der Waals surface area contributed by atoms with Crippen molar-refractivity contribution in [3.05, 3.63) is 11.1 Å². The molecule has 0 unspecified atom stereocenters. The molecule has 0 saturated carbocycles. The summed E-state index contributed by atoms with van der Waals surface area (Å²) >= 11 is 2.64. The summed E-state index contributed by atoms with van der Waals surface area (Å²) in [6.45, 7) is 13.4. The van der Waals surface area contributed by atoms with Crippen LogP contribution >= 0.6 is 23.1 Å². The van der Waals surface area contributed by atoms with Crippen molar-refractivity contribution in [3.8, 4) is 6.07 Å². The van der Waals surface area contributed by atoms with Crippen LogP contribution in [0.1, 0.15) is 39.5 Å². The van der Waals surface area contributed by atoms with Gasteiger partial charge >= 0.3 is 6.09 Å². The summed E-state index contributed by atoms with van der Waals surface area (Å²) in [5.74, 6) is 1.95. The van der Waals surface area contributed by atoms with Crippen LogP contribution in [-0.2, 0) is 4.74 Å². The lowest BCUT2D eigenvalue weighted by molar-refractivity contribution is 0.0531. The topological polar surface area (TPSA) is 119 Å². The van der Waals surface area contributed by atoms with Crippen LogP contribution in [0.15, 0.2) is 21.2 Å². The molecule has 2 heterocycles. The molecule has 0 spiro atoms. The minimum Gasteiger partial charge on any atom is -0.444 e. The number of alkyl carbamates (subject to hydrolysis) is 1. The van der Waals surface area contributed by atoms with E-state index >= 15 is 0 Å². The van der Waals surface area contributed by atoms with Crippen molar-refractivity contribution in [2.24, 2.45) is 15.0 Å². The van der Waals surface area contributed by atoms with Gasteiger partial charge in [-0.05, 0) is 41.7 Å². The fraction of sp³-hybridized carbons (Fsp3) is 0.619. The summed E-state index contributed by atoms with van der Waals surface area (Å²) in [4.78, 5) is 34.7. The highest BCUT2D eigenvalue weighted by Crippen LogP contribution is 2.20. The predicted molar refractivity (Wildman–Crippen MR) is 136 cm³/mol. The maximum absolute atomic E-state index is 11.9. The number of aromatic nitrogens is 1. The zero-order chi connectivity index (χ0) is 24.4. The number of thiazole rings is 1. The van der Waals surface area contributed by atoms with Gasteiger partial charge in [0.2, 0.25) is 5.13 Å². The number of ether oxygens (including phenoxy) is 1. The van der Waals surface area contributed by atoms with Crippen molar-refractivity contribution in [2.45, 2.75) is 40.2 Å². The molecule has 1 amide bonds. The Morgan fingerprint density at radius 3 is 2.61 bits per heavy atom. The van der Waals surface area contributed by atoms with Gasteiger partial charge in [-0.15, -0.1) is 0 Å². The van der Waals surface area contributed by atoms with E-state index in [0.717, 1.165) is 32.0 Å². The molecule has 1 fully saturated rings. The van der Waals surface area contributed by atoms with Crippen molar-refractivity contribution in [1.82, 2.24) is 20.1 Å². The van der Waals surface area contributed by atoms with Gasteiger partial charge in [-0.3, -0.25) is 0 Å². The van der Waals surface area contributed by atoms with E-state index in [4.69, 9.17) is 15.0 Å². The van der Waals surface area contributed by atoms with Gasteiger partial charge in [-0.25, -0.2) is 24.8 Å². The third kappa shape index (κ3) is 10.3. The van der Waals surface area contributed by atoms with Crippen LogP contribution in [0, 0.1) is 11.3 Å². The fourth-order valence-corrected chi connectivity index (χ4v) is 4.12. The van der Waals surface area contributed by atoms with E-state index in [2.05, 4.69) is 43.2 Å². The van der Waals surface area contributed by atoms with E-state index in [9.17, 15) is 4.79 Å². The van der Waals surface area contributed by atoms with Crippen LogP contribution in [0.25, 0.3) is 0 Å². The molecule has 1 aromatic rings. The van der Waals surface area contributed by atoms with Gasteiger partial charge in [-0.2, -0.15) is 5.26 Å². The molecule has 33 heavy (non-hydrogen) atoms. The molecule has 1 N–H and O–H groups in total. The molecule has 2 rings (SSSR count). The van der Waals surface area contributed by atoms with E-state index in [-0.39, 0.29) is 0 Å². The minimum atomic E-state index is -0.539. The van der Waals surface area contributed by atoms with Crippen LogP contribution < -0.4 is 5.32 Å². The Labute approximate surface area is 203 Å². The first-order chi connectivity index (χ1) is 15.6. The Hall–Kier alpha value is -2.49. The number of hydrogen-bond acceptors (Lipinski definition) is 8. The molecule has 10 nitrogen and oxygen atoms in total. The number of piperazine rings is 1. The maximum Gasteiger partial charge on any atom is 0.407 e. The fourth-order valence-electron chi connectivity index (χ4n) is 2.71. The van der Waals surface area contributed by atoms with E-state index < -0.39 is 11.7 Å². The molecule has 180 valence electrons. The highest BCUT2D eigenvalue weighted by atomic mass is 32.2. The standard InChI is InChI=1S/C21H32N8O2S2/c1-15(25-18-24-14-17(13-22)33-18)26-19(27-16(2)29-10-8-28(6)9-11-29)32-12-7-23-20(30)31-21(3,4)5/h14H,7-12H2,1-6H3,(H,23,30). The Balaban J connectivity index is 2.08. The van der Waals surface area contributed by atoms with Gasteiger partial charge in [0, 0.05) is 38.5 Å². The number of nitrogens with zero attached hydrogens (tertiary/aromatic N) is 7. The number of hydrogen-bond donors (Lipinski definition) is 1. The Kier molecular flexibility index (Phi) is 10.3. The number of carbonyl (C=O) groups excluding carboxylic acids is 1. The largest absolute Gasteiger partial charge is 0.444 e. The summed E-state index contributed by atoms with van der Waals surface area (Å²) < 4.78 is 5.26. The molecule has 0 atom stereocenters. The van der Waals surface area contributed by atoms with Gasteiger partial charge in [0.25, 0.3) is 0 Å². The van der Waals surface area contributed by atoms with Crippen LogP contribution in [0.4, 0.5) is 9.93 Å². The first-order valence-electron chi connectivity index (χ1n) is 10.6. The second kappa shape index (κ2) is 12.7. The van der Waals surface area contributed by atoms with Crippen molar-refractivity contribution < 1.29 is 9.53 Å². The van der Waals surface area contributed by atoms with Crippen LogP contribution in [0.2, 0.25) is 0 Å². The number of carbonyl (C=O) groups is 1. The zero-order valence-electron chi connectivity index (χ0n) is 20.1. The first-order valence-corrected chi connectivity index (χ1v) is 12.4. The highest BCUT2D eigenvalue weighted by Gasteiger charge is 2.17. The molecule has 1 aliphatic rings. The summed E-state index contributed by atoms with van der Waals surface area (Å²) in [5, 5.41) is 12.7. The SMILES string of the molecule is CC(=Nc1ncc(C#N)s1)N=C(N=C(C)N1CCN(C)CC1)SCCNC(=O)OC(C)(C)C. The average molecular weight is 493 g/mol. The number of nitriles is 1. The number of thioether (sulfide) groups is 1. The Morgan fingerprint density at radius 2 is 2.00 bits per heavy atom. The first kappa shape index (κ1) is 26.8. The molecule has 0 bridgehead atoms. The maximum atomic E-state index is 11.9. The lowest BCUT2D eigenvalue weighted by atomic mass is 10.2. The zero-order valence-corrected chi connectivity index (χ0v) is 21.7. The van der Waals surface area contributed by atoms with Crippen molar-refractivity contribution in [2.75, 3.05) is 45.5 Å². The minimum absolute atomic E-state index is 0.413. The Morgan fingerprint density at radius 1 is 1.30 bits per heavy atom. The molecule has 0 aromatic carbocycles. The Bertz CT molecular complexity index is 935. The number of likely N-dealkylation sites (N-methyl/N-ethyl adjacent to an activating group) is 1. The number of rotatable bonds is 4. The van der Waals surface area contributed by atoms with Crippen LogP contribution in [0.5, 0.6) is 0 Å². The summed E-state index contributed by atoms with van der Waals surface area (Å²) in [6.07, 6.45) is 1.04. The van der Waals surface area contributed by atoms with E-state index in [1.54, 1.807) is 6.92 Å². The smallest absolute Gasteiger partial charge is 0.407 e.